The Morgan fingerprint density at radius 1 is 1.24 bits per heavy atom. The molecule has 0 saturated heterocycles. The van der Waals surface area contributed by atoms with Gasteiger partial charge in [0.15, 0.2) is 0 Å². The second-order valence-corrected chi connectivity index (χ2v) is 5.61. The standard InChI is InChI=1S/C14H9FIN3O2/c15-10-5-9(16)1-2-11(10)18-12-7-17-6-8-3-4-19(21)14(20)13(8)12/h1-7,18,21H. The molecule has 0 aliphatic carbocycles. The highest BCUT2D eigenvalue weighted by molar-refractivity contribution is 14.1. The first-order valence-corrected chi connectivity index (χ1v) is 7.05. The van der Waals surface area contributed by atoms with E-state index >= 15 is 0 Å². The van der Waals surface area contributed by atoms with E-state index in [1.807, 2.05) is 22.6 Å². The zero-order chi connectivity index (χ0) is 15.0. The van der Waals surface area contributed by atoms with E-state index in [9.17, 15) is 14.4 Å². The van der Waals surface area contributed by atoms with Crippen molar-refractivity contribution in [2.75, 3.05) is 5.32 Å². The number of halogens is 2. The number of hydrogen-bond acceptors (Lipinski definition) is 4. The second-order valence-electron chi connectivity index (χ2n) is 4.37. The van der Waals surface area contributed by atoms with Crippen LogP contribution in [0.1, 0.15) is 0 Å². The zero-order valence-corrected chi connectivity index (χ0v) is 12.7. The van der Waals surface area contributed by atoms with Gasteiger partial charge in [-0.3, -0.25) is 9.78 Å². The van der Waals surface area contributed by atoms with E-state index in [1.165, 1.54) is 24.7 Å². The molecule has 21 heavy (non-hydrogen) atoms. The predicted molar refractivity (Wildman–Crippen MR) is 85.6 cm³/mol. The van der Waals surface area contributed by atoms with Gasteiger partial charge in [-0.05, 0) is 46.9 Å². The van der Waals surface area contributed by atoms with Crippen molar-refractivity contribution >= 4 is 44.7 Å². The lowest BCUT2D eigenvalue weighted by atomic mass is 10.2. The lowest BCUT2D eigenvalue weighted by Gasteiger charge is -2.10. The van der Waals surface area contributed by atoms with Gasteiger partial charge in [-0.15, -0.1) is 0 Å². The molecule has 0 aliphatic heterocycles. The number of nitrogens with one attached hydrogen (secondary N) is 1. The maximum absolute atomic E-state index is 13.9. The first-order valence-electron chi connectivity index (χ1n) is 5.97. The van der Waals surface area contributed by atoms with Crippen LogP contribution in [0.15, 0.2) is 47.7 Å². The van der Waals surface area contributed by atoms with Crippen LogP contribution in [0.4, 0.5) is 15.8 Å². The summed E-state index contributed by atoms with van der Waals surface area (Å²) in [5.74, 6) is -0.431. The quantitative estimate of drug-likeness (QED) is 0.515. The van der Waals surface area contributed by atoms with Gasteiger partial charge in [0.05, 0.1) is 23.0 Å². The smallest absolute Gasteiger partial charge is 0.292 e. The fourth-order valence-corrected chi connectivity index (χ4v) is 2.46. The average Bonchev–Trinajstić information content (AvgIpc) is 2.46. The molecule has 0 saturated carbocycles. The number of aromatic nitrogens is 2. The molecule has 0 amide bonds. The van der Waals surface area contributed by atoms with Crippen LogP contribution in [0.2, 0.25) is 0 Å². The van der Waals surface area contributed by atoms with Gasteiger partial charge >= 0.3 is 0 Å². The summed E-state index contributed by atoms with van der Waals surface area (Å²) >= 11 is 2.01. The highest BCUT2D eigenvalue weighted by Gasteiger charge is 2.10. The number of hydrogen-bond donors (Lipinski definition) is 2. The molecular weight excluding hydrogens is 388 g/mol. The first-order chi connectivity index (χ1) is 10.1. The number of pyridine rings is 2. The summed E-state index contributed by atoms with van der Waals surface area (Å²) in [6.45, 7) is 0. The van der Waals surface area contributed by atoms with Crippen molar-refractivity contribution in [2.45, 2.75) is 0 Å². The molecule has 0 spiro atoms. The van der Waals surface area contributed by atoms with E-state index in [4.69, 9.17) is 0 Å². The summed E-state index contributed by atoms with van der Waals surface area (Å²) in [5.41, 5.74) is -0.0261. The molecule has 0 bridgehead atoms. The monoisotopic (exact) mass is 397 g/mol. The predicted octanol–water partition coefficient (Wildman–Crippen LogP) is 3.12. The first kappa shape index (κ1) is 13.8. The summed E-state index contributed by atoms with van der Waals surface area (Å²) in [6, 6.07) is 6.26. The molecule has 106 valence electrons. The fraction of sp³-hybridized carbons (Fsp3) is 0. The number of fused-ring (bicyclic) bond motifs is 1. The van der Waals surface area contributed by atoms with E-state index in [2.05, 4.69) is 10.3 Å². The van der Waals surface area contributed by atoms with Crippen LogP contribution in [0.25, 0.3) is 10.8 Å². The van der Waals surface area contributed by atoms with Gasteiger partial charge in [-0.1, -0.05) is 0 Å². The highest BCUT2D eigenvalue weighted by Crippen LogP contribution is 2.25. The molecule has 2 N–H and O–H groups in total. The summed E-state index contributed by atoms with van der Waals surface area (Å²) in [5, 5.41) is 13.1. The van der Waals surface area contributed by atoms with Crippen LogP contribution in [0.5, 0.6) is 0 Å². The third kappa shape index (κ3) is 2.56. The lowest BCUT2D eigenvalue weighted by molar-refractivity contribution is 0.176. The molecule has 0 aliphatic rings. The third-order valence-corrected chi connectivity index (χ3v) is 3.66. The Morgan fingerprint density at radius 3 is 2.81 bits per heavy atom. The third-order valence-electron chi connectivity index (χ3n) is 2.99. The van der Waals surface area contributed by atoms with Crippen molar-refractivity contribution in [3.63, 3.8) is 0 Å². The number of nitrogens with zero attached hydrogens (tertiary/aromatic N) is 2. The summed E-state index contributed by atoms with van der Waals surface area (Å²) in [6.07, 6.45) is 4.16. The van der Waals surface area contributed by atoms with Crippen LogP contribution < -0.4 is 10.9 Å². The molecule has 1 aromatic carbocycles. The maximum atomic E-state index is 13.9. The SMILES string of the molecule is O=c1c2c(Nc3ccc(I)cc3F)cncc2ccn1O. The van der Waals surface area contributed by atoms with Crippen LogP contribution in [0.3, 0.4) is 0 Å². The molecule has 3 aromatic rings. The van der Waals surface area contributed by atoms with Gasteiger partial charge in [-0.25, -0.2) is 4.39 Å². The Balaban J connectivity index is 2.17. The Hall–Kier alpha value is -2.16. The maximum Gasteiger partial charge on any atom is 0.292 e. The van der Waals surface area contributed by atoms with Crippen molar-refractivity contribution in [3.8, 4) is 0 Å². The van der Waals surface area contributed by atoms with E-state index in [0.29, 0.717) is 15.8 Å². The Morgan fingerprint density at radius 2 is 2.05 bits per heavy atom. The van der Waals surface area contributed by atoms with Gasteiger partial charge in [0, 0.05) is 21.4 Å². The van der Waals surface area contributed by atoms with Crippen LogP contribution >= 0.6 is 22.6 Å². The van der Waals surface area contributed by atoms with Crippen molar-refractivity contribution < 1.29 is 9.60 Å². The normalized spacial score (nSPS) is 10.8. The molecule has 0 atom stereocenters. The molecule has 0 fully saturated rings. The number of rotatable bonds is 2. The zero-order valence-electron chi connectivity index (χ0n) is 10.5. The molecule has 3 rings (SSSR count). The summed E-state index contributed by atoms with van der Waals surface area (Å²) in [7, 11) is 0. The molecule has 0 radical (unpaired) electrons. The molecule has 7 heteroatoms. The molecule has 5 nitrogen and oxygen atoms in total. The van der Waals surface area contributed by atoms with E-state index in [0.717, 1.165) is 3.57 Å². The molecule has 2 heterocycles. The van der Waals surface area contributed by atoms with Gasteiger partial charge < -0.3 is 10.5 Å². The largest absolute Gasteiger partial charge is 0.425 e. The van der Waals surface area contributed by atoms with Gasteiger partial charge in [-0.2, -0.15) is 4.73 Å². The van der Waals surface area contributed by atoms with Crippen LogP contribution in [-0.4, -0.2) is 14.9 Å². The minimum atomic E-state index is -0.594. The van der Waals surface area contributed by atoms with Crippen molar-refractivity contribution in [3.05, 3.63) is 62.6 Å². The Bertz CT molecular complexity index is 895. The van der Waals surface area contributed by atoms with Gasteiger partial charge in [0.2, 0.25) is 0 Å². The minimum Gasteiger partial charge on any atom is -0.425 e. The van der Waals surface area contributed by atoms with Crippen molar-refractivity contribution in [1.82, 2.24) is 9.71 Å². The molecule has 2 aromatic heterocycles. The lowest BCUT2D eigenvalue weighted by Crippen LogP contribution is -2.17. The topological polar surface area (TPSA) is 67.2 Å². The van der Waals surface area contributed by atoms with Crippen molar-refractivity contribution in [1.29, 1.82) is 0 Å². The van der Waals surface area contributed by atoms with Gasteiger partial charge in [0.25, 0.3) is 5.56 Å². The van der Waals surface area contributed by atoms with E-state index in [1.54, 1.807) is 18.2 Å². The number of benzene rings is 1. The van der Waals surface area contributed by atoms with Crippen LogP contribution in [0, 0.1) is 9.39 Å². The van der Waals surface area contributed by atoms with Gasteiger partial charge in [0.1, 0.15) is 5.82 Å². The second kappa shape index (κ2) is 5.32. The van der Waals surface area contributed by atoms with Crippen LogP contribution in [-0.2, 0) is 0 Å². The Kier molecular flexibility index (Phi) is 3.50. The highest BCUT2D eigenvalue weighted by atomic mass is 127. The Labute approximate surface area is 132 Å². The number of anilines is 2. The molecule has 0 unspecified atom stereocenters. The summed E-state index contributed by atoms with van der Waals surface area (Å²) in [4.78, 5) is 16.0. The average molecular weight is 397 g/mol. The summed E-state index contributed by atoms with van der Waals surface area (Å²) < 4.78 is 15.1. The van der Waals surface area contributed by atoms with Crippen molar-refractivity contribution in [2.24, 2.45) is 0 Å². The van der Waals surface area contributed by atoms with E-state index < -0.39 is 11.4 Å². The minimum absolute atomic E-state index is 0.234. The fourth-order valence-electron chi connectivity index (χ4n) is 2.01. The van der Waals surface area contributed by atoms with E-state index in [-0.39, 0.29) is 11.1 Å². The molecular formula is C14H9FIN3O2.